The topological polar surface area (TPSA) is 46.2 Å². The van der Waals surface area contributed by atoms with Crippen LogP contribution in [0.1, 0.15) is 38.2 Å². The lowest BCUT2D eigenvalue weighted by Crippen LogP contribution is -2.24. The summed E-state index contributed by atoms with van der Waals surface area (Å²) in [6, 6.07) is 9.99. The molecular formula is C15H21NO2. The summed E-state index contributed by atoms with van der Waals surface area (Å²) in [5.41, 5.74) is 1.18. The quantitative estimate of drug-likeness (QED) is 0.717. The highest BCUT2D eigenvalue weighted by molar-refractivity contribution is 5.76. The first-order valence-corrected chi connectivity index (χ1v) is 6.48. The Morgan fingerprint density at radius 3 is 2.44 bits per heavy atom. The fourth-order valence-corrected chi connectivity index (χ4v) is 1.72. The Labute approximate surface area is 109 Å². The second kappa shape index (κ2) is 8.45. The van der Waals surface area contributed by atoms with Gasteiger partial charge in [-0.2, -0.15) is 0 Å². The first-order valence-electron chi connectivity index (χ1n) is 6.48. The van der Waals surface area contributed by atoms with Crippen molar-refractivity contribution in [1.82, 2.24) is 5.32 Å². The van der Waals surface area contributed by atoms with Gasteiger partial charge in [0, 0.05) is 19.4 Å². The molecule has 1 N–H and O–H groups in total. The molecule has 3 nitrogen and oxygen atoms in total. The third-order valence-corrected chi connectivity index (χ3v) is 2.76. The smallest absolute Gasteiger partial charge is 0.220 e. The van der Waals surface area contributed by atoms with Crippen LogP contribution in [0.3, 0.4) is 0 Å². The minimum Gasteiger partial charge on any atom is -0.356 e. The Kier molecular flexibility index (Phi) is 6.77. The molecule has 0 radical (unpaired) electrons. The predicted molar refractivity (Wildman–Crippen MR) is 72.3 cm³/mol. The van der Waals surface area contributed by atoms with E-state index in [1.807, 2.05) is 30.3 Å². The number of ketones is 1. The summed E-state index contributed by atoms with van der Waals surface area (Å²) in [4.78, 5) is 22.2. The van der Waals surface area contributed by atoms with Crippen molar-refractivity contribution in [3.8, 4) is 0 Å². The SMILES string of the molecule is CC(=O)CCCCNC(=O)CCc1ccccc1. The van der Waals surface area contributed by atoms with E-state index in [1.54, 1.807) is 6.92 Å². The van der Waals surface area contributed by atoms with Crippen molar-refractivity contribution in [1.29, 1.82) is 0 Å². The number of unbranched alkanes of at least 4 members (excludes halogenated alkanes) is 1. The van der Waals surface area contributed by atoms with Crippen LogP contribution < -0.4 is 5.32 Å². The van der Waals surface area contributed by atoms with E-state index in [-0.39, 0.29) is 11.7 Å². The lowest BCUT2D eigenvalue weighted by molar-refractivity contribution is -0.121. The number of nitrogens with one attached hydrogen (secondary N) is 1. The van der Waals surface area contributed by atoms with Gasteiger partial charge in [-0.05, 0) is 31.7 Å². The first-order chi connectivity index (χ1) is 8.68. The number of rotatable bonds is 8. The maximum Gasteiger partial charge on any atom is 0.220 e. The number of amides is 1. The highest BCUT2D eigenvalue weighted by Gasteiger charge is 2.01. The van der Waals surface area contributed by atoms with Gasteiger partial charge in [-0.15, -0.1) is 0 Å². The molecular weight excluding hydrogens is 226 g/mol. The molecule has 0 saturated heterocycles. The van der Waals surface area contributed by atoms with Crippen LogP contribution in [0.4, 0.5) is 0 Å². The van der Waals surface area contributed by atoms with Gasteiger partial charge in [-0.1, -0.05) is 30.3 Å². The molecule has 0 aliphatic heterocycles. The molecule has 0 atom stereocenters. The van der Waals surface area contributed by atoms with Gasteiger partial charge in [0.15, 0.2) is 0 Å². The standard InChI is InChI=1S/C15H21NO2/c1-13(17)7-5-6-12-16-15(18)11-10-14-8-3-2-4-9-14/h2-4,8-9H,5-7,10-12H2,1H3,(H,16,18). The summed E-state index contributed by atoms with van der Waals surface area (Å²) >= 11 is 0. The normalized spacial score (nSPS) is 10.1. The minimum atomic E-state index is 0.0849. The van der Waals surface area contributed by atoms with Crippen molar-refractivity contribution in [2.75, 3.05) is 6.54 Å². The Morgan fingerprint density at radius 2 is 1.78 bits per heavy atom. The minimum absolute atomic E-state index is 0.0849. The number of hydrogen-bond acceptors (Lipinski definition) is 2. The molecule has 1 aromatic rings. The van der Waals surface area contributed by atoms with E-state index in [0.717, 1.165) is 19.3 Å². The zero-order valence-electron chi connectivity index (χ0n) is 10.9. The highest BCUT2D eigenvalue weighted by atomic mass is 16.1. The number of carbonyl (C=O) groups excluding carboxylic acids is 2. The largest absolute Gasteiger partial charge is 0.356 e. The molecule has 98 valence electrons. The molecule has 3 heteroatoms. The number of aryl methyl sites for hydroxylation is 1. The van der Waals surface area contributed by atoms with Crippen molar-refractivity contribution < 1.29 is 9.59 Å². The first kappa shape index (κ1) is 14.4. The van der Waals surface area contributed by atoms with E-state index < -0.39 is 0 Å². The van der Waals surface area contributed by atoms with E-state index in [9.17, 15) is 9.59 Å². The van der Waals surface area contributed by atoms with Crippen LogP contribution in [0.15, 0.2) is 30.3 Å². The van der Waals surface area contributed by atoms with Gasteiger partial charge in [-0.3, -0.25) is 4.79 Å². The lowest BCUT2D eigenvalue weighted by atomic mass is 10.1. The van der Waals surface area contributed by atoms with Crippen LogP contribution in [-0.2, 0) is 16.0 Å². The molecule has 1 amide bonds. The fourth-order valence-electron chi connectivity index (χ4n) is 1.72. The molecule has 0 heterocycles. The molecule has 0 fully saturated rings. The molecule has 1 rings (SSSR count). The van der Waals surface area contributed by atoms with Gasteiger partial charge >= 0.3 is 0 Å². The Bertz CT molecular complexity index is 373. The Hall–Kier alpha value is -1.64. The molecule has 1 aromatic carbocycles. The summed E-state index contributed by atoms with van der Waals surface area (Å²) in [7, 11) is 0. The molecule has 0 unspecified atom stereocenters. The van der Waals surface area contributed by atoms with Gasteiger partial charge in [0.1, 0.15) is 5.78 Å². The van der Waals surface area contributed by atoms with Crippen LogP contribution in [0.5, 0.6) is 0 Å². The zero-order valence-corrected chi connectivity index (χ0v) is 10.9. The molecule has 0 aromatic heterocycles. The molecule has 0 saturated carbocycles. The number of benzene rings is 1. The van der Waals surface area contributed by atoms with Gasteiger partial charge in [-0.25, -0.2) is 0 Å². The highest BCUT2D eigenvalue weighted by Crippen LogP contribution is 2.02. The van der Waals surface area contributed by atoms with Crippen molar-refractivity contribution >= 4 is 11.7 Å². The summed E-state index contributed by atoms with van der Waals surface area (Å²) in [5.74, 6) is 0.298. The third-order valence-electron chi connectivity index (χ3n) is 2.76. The molecule has 18 heavy (non-hydrogen) atoms. The predicted octanol–water partition coefficient (Wildman–Crippen LogP) is 2.49. The summed E-state index contributed by atoms with van der Waals surface area (Å²) < 4.78 is 0. The monoisotopic (exact) mass is 247 g/mol. The van der Waals surface area contributed by atoms with Crippen molar-refractivity contribution in [3.05, 3.63) is 35.9 Å². The average molecular weight is 247 g/mol. The number of hydrogen-bond donors (Lipinski definition) is 1. The van der Waals surface area contributed by atoms with Crippen molar-refractivity contribution in [2.45, 2.75) is 39.0 Å². The molecule has 0 aliphatic rings. The second-order valence-electron chi connectivity index (χ2n) is 4.49. The zero-order chi connectivity index (χ0) is 13.2. The molecule has 0 bridgehead atoms. The average Bonchev–Trinajstić information content (AvgIpc) is 2.37. The van der Waals surface area contributed by atoms with Crippen LogP contribution in [-0.4, -0.2) is 18.2 Å². The molecule has 0 aliphatic carbocycles. The van der Waals surface area contributed by atoms with Crippen LogP contribution in [0.2, 0.25) is 0 Å². The van der Waals surface area contributed by atoms with Crippen molar-refractivity contribution in [2.24, 2.45) is 0 Å². The van der Waals surface area contributed by atoms with Crippen LogP contribution in [0, 0.1) is 0 Å². The number of Topliss-reactive ketones (excluding diaryl/α,β-unsaturated/α-hetero) is 1. The Morgan fingerprint density at radius 1 is 1.06 bits per heavy atom. The van der Waals surface area contributed by atoms with E-state index in [2.05, 4.69) is 5.32 Å². The second-order valence-corrected chi connectivity index (χ2v) is 4.49. The van der Waals surface area contributed by atoms with Gasteiger partial charge in [0.25, 0.3) is 0 Å². The van der Waals surface area contributed by atoms with Gasteiger partial charge in [0.05, 0.1) is 0 Å². The number of carbonyl (C=O) groups is 2. The van der Waals surface area contributed by atoms with E-state index in [1.165, 1.54) is 5.56 Å². The summed E-state index contributed by atoms with van der Waals surface area (Å²) in [6.45, 7) is 2.26. The van der Waals surface area contributed by atoms with Crippen LogP contribution in [0.25, 0.3) is 0 Å². The molecule has 0 spiro atoms. The third kappa shape index (κ3) is 6.84. The van der Waals surface area contributed by atoms with Gasteiger partial charge in [0.2, 0.25) is 5.91 Å². The maximum absolute atomic E-state index is 11.5. The Balaban J connectivity index is 2.06. The van der Waals surface area contributed by atoms with E-state index >= 15 is 0 Å². The summed E-state index contributed by atoms with van der Waals surface area (Å²) in [6.07, 6.45) is 3.64. The van der Waals surface area contributed by atoms with Crippen molar-refractivity contribution in [3.63, 3.8) is 0 Å². The summed E-state index contributed by atoms with van der Waals surface area (Å²) in [5, 5.41) is 2.88. The fraction of sp³-hybridized carbons (Fsp3) is 0.467. The van der Waals surface area contributed by atoms with Gasteiger partial charge < -0.3 is 10.1 Å². The van der Waals surface area contributed by atoms with Crippen LogP contribution >= 0.6 is 0 Å². The lowest BCUT2D eigenvalue weighted by Gasteiger charge is -2.04. The maximum atomic E-state index is 11.5. The van der Waals surface area contributed by atoms with E-state index in [0.29, 0.717) is 19.4 Å². The van der Waals surface area contributed by atoms with E-state index in [4.69, 9.17) is 0 Å².